The van der Waals surface area contributed by atoms with Crippen LogP contribution in [0.3, 0.4) is 0 Å². The Bertz CT molecular complexity index is 1030. The molecule has 1 heterocycles. The van der Waals surface area contributed by atoms with Gasteiger partial charge in [-0.05, 0) is 24.6 Å². The van der Waals surface area contributed by atoms with E-state index in [2.05, 4.69) is 0 Å². The van der Waals surface area contributed by atoms with E-state index in [1.165, 1.54) is 18.1 Å². The lowest BCUT2D eigenvalue weighted by molar-refractivity contribution is -0.133. The van der Waals surface area contributed by atoms with Gasteiger partial charge in [-0.1, -0.05) is 35.9 Å². The first-order valence-electron chi connectivity index (χ1n) is 9.06. The minimum atomic E-state index is -0.658. The van der Waals surface area contributed by atoms with Gasteiger partial charge in [0.05, 0.1) is 6.61 Å². The molecule has 1 aromatic heterocycles. The Morgan fingerprint density at radius 2 is 1.86 bits per heavy atom. The Hall–Kier alpha value is -2.77. The lowest BCUT2D eigenvalue weighted by Crippen LogP contribution is -2.30. The molecule has 0 N–H and O–H groups in total. The highest BCUT2D eigenvalue weighted by atomic mass is 32.1. The molecule has 0 atom stereocenters. The number of amides is 1. The van der Waals surface area contributed by atoms with E-state index in [1.807, 2.05) is 31.2 Å². The monoisotopic (exact) mass is 415 g/mol. The van der Waals surface area contributed by atoms with Crippen molar-refractivity contribution in [2.45, 2.75) is 20.1 Å². The minimum absolute atomic E-state index is 0.0760. The van der Waals surface area contributed by atoms with Gasteiger partial charge in [-0.2, -0.15) is 0 Å². The third-order valence-electron chi connectivity index (χ3n) is 4.53. The average Bonchev–Trinajstić information content (AvgIpc) is 3.08. The number of hydrogen-bond acceptors (Lipinski definition) is 5. The van der Waals surface area contributed by atoms with Crippen LogP contribution in [0.4, 0.5) is 4.39 Å². The molecule has 1 amide bonds. The van der Waals surface area contributed by atoms with Crippen molar-refractivity contribution in [3.8, 4) is 0 Å². The number of carbonyl (C=O) groups is 2. The van der Waals surface area contributed by atoms with Gasteiger partial charge in [0.15, 0.2) is 6.61 Å². The van der Waals surface area contributed by atoms with Crippen molar-refractivity contribution >= 4 is 33.3 Å². The summed E-state index contributed by atoms with van der Waals surface area (Å²) in [4.78, 5) is 26.7. The zero-order valence-corrected chi connectivity index (χ0v) is 17.3. The van der Waals surface area contributed by atoms with E-state index in [1.54, 1.807) is 19.2 Å². The molecule has 29 heavy (non-hydrogen) atoms. The summed E-state index contributed by atoms with van der Waals surface area (Å²) in [6, 6.07) is 12.5. The SMILES string of the molecule is COCc1c(C(=O)OCC(=O)N(C)Cc2ccc(C)cc2)sc2cccc(F)c12. The number of aryl methyl sites for hydroxylation is 1. The first kappa shape index (κ1) is 21.0. The molecule has 0 aliphatic carbocycles. The molecule has 0 radical (unpaired) electrons. The number of hydrogen-bond donors (Lipinski definition) is 0. The molecule has 3 aromatic rings. The number of esters is 1. The maximum atomic E-state index is 14.2. The van der Waals surface area contributed by atoms with Crippen molar-refractivity contribution in [2.24, 2.45) is 0 Å². The summed E-state index contributed by atoms with van der Waals surface area (Å²) >= 11 is 1.13. The number of nitrogens with zero attached hydrogens (tertiary/aromatic N) is 1. The van der Waals surface area contributed by atoms with Crippen LogP contribution >= 0.6 is 11.3 Å². The van der Waals surface area contributed by atoms with E-state index in [-0.39, 0.29) is 24.0 Å². The van der Waals surface area contributed by atoms with E-state index < -0.39 is 11.8 Å². The number of ether oxygens (including phenoxy) is 2. The summed E-state index contributed by atoms with van der Waals surface area (Å²) in [6.45, 7) is 2.10. The van der Waals surface area contributed by atoms with Gasteiger partial charge < -0.3 is 14.4 Å². The van der Waals surface area contributed by atoms with E-state index in [4.69, 9.17) is 9.47 Å². The van der Waals surface area contributed by atoms with Gasteiger partial charge in [0.25, 0.3) is 5.91 Å². The predicted molar refractivity (Wildman–Crippen MR) is 110 cm³/mol. The lowest BCUT2D eigenvalue weighted by Gasteiger charge is -2.17. The van der Waals surface area contributed by atoms with Crippen molar-refractivity contribution in [3.63, 3.8) is 0 Å². The fourth-order valence-electron chi connectivity index (χ4n) is 2.97. The van der Waals surface area contributed by atoms with E-state index >= 15 is 0 Å². The second kappa shape index (κ2) is 9.15. The molecular formula is C22H22FNO4S. The van der Waals surface area contributed by atoms with Crippen LogP contribution in [0.15, 0.2) is 42.5 Å². The van der Waals surface area contributed by atoms with Gasteiger partial charge >= 0.3 is 5.97 Å². The minimum Gasteiger partial charge on any atom is -0.451 e. The van der Waals surface area contributed by atoms with Crippen LogP contribution in [0.1, 0.15) is 26.4 Å². The molecule has 152 valence electrons. The fourth-order valence-corrected chi connectivity index (χ4v) is 4.09. The number of fused-ring (bicyclic) bond motifs is 1. The standard InChI is InChI=1S/C22H22FNO4S/c1-14-7-9-15(10-8-14)11-24(2)19(25)13-28-22(26)21-16(12-27-3)20-17(23)5-4-6-18(20)29-21/h4-10H,11-13H2,1-3H3. The summed E-state index contributed by atoms with van der Waals surface area (Å²) in [5.74, 6) is -1.40. The van der Waals surface area contributed by atoms with Crippen LogP contribution in [-0.2, 0) is 27.4 Å². The zero-order valence-electron chi connectivity index (χ0n) is 16.5. The molecule has 2 aromatic carbocycles. The molecular weight excluding hydrogens is 393 g/mol. The number of likely N-dealkylation sites (N-methyl/N-ethyl adjacent to an activating group) is 1. The zero-order chi connectivity index (χ0) is 21.0. The van der Waals surface area contributed by atoms with Gasteiger partial charge in [-0.15, -0.1) is 11.3 Å². The van der Waals surface area contributed by atoms with Gasteiger partial charge in [-0.25, -0.2) is 9.18 Å². The smallest absolute Gasteiger partial charge is 0.349 e. The summed E-state index contributed by atoms with van der Waals surface area (Å²) in [7, 11) is 3.13. The highest BCUT2D eigenvalue weighted by Crippen LogP contribution is 2.34. The molecule has 0 bridgehead atoms. The topological polar surface area (TPSA) is 55.8 Å². The van der Waals surface area contributed by atoms with Gasteiger partial charge in [-0.3, -0.25) is 4.79 Å². The molecule has 0 fully saturated rings. The Morgan fingerprint density at radius 3 is 2.55 bits per heavy atom. The molecule has 7 heteroatoms. The summed E-state index contributed by atoms with van der Waals surface area (Å²) < 4.78 is 25.2. The largest absolute Gasteiger partial charge is 0.451 e. The third-order valence-corrected chi connectivity index (χ3v) is 5.71. The highest BCUT2D eigenvalue weighted by Gasteiger charge is 2.23. The Labute approximate surface area is 172 Å². The van der Waals surface area contributed by atoms with Crippen molar-refractivity contribution < 1.29 is 23.5 Å². The van der Waals surface area contributed by atoms with Crippen molar-refractivity contribution in [1.29, 1.82) is 0 Å². The second-order valence-corrected chi connectivity index (χ2v) is 7.82. The van der Waals surface area contributed by atoms with Crippen LogP contribution in [0.5, 0.6) is 0 Å². The maximum absolute atomic E-state index is 14.2. The number of rotatable bonds is 7. The Balaban J connectivity index is 1.68. The summed E-state index contributed by atoms with van der Waals surface area (Å²) in [5, 5.41) is 0.356. The summed E-state index contributed by atoms with van der Waals surface area (Å²) in [5.41, 5.74) is 2.57. The van der Waals surface area contributed by atoms with Gasteiger partial charge in [0.1, 0.15) is 10.7 Å². The van der Waals surface area contributed by atoms with Crippen LogP contribution in [0.25, 0.3) is 10.1 Å². The number of halogens is 1. The van der Waals surface area contributed by atoms with Crippen molar-refractivity contribution in [2.75, 3.05) is 20.8 Å². The number of carbonyl (C=O) groups excluding carboxylic acids is 2. The van der Waals surface area contributed by atoms with Crippen LogP contribution in [0.2, 0.25) is 0 Å². The summed E-state index contributed by atoms with van der Waals surface area (Å²) in [6.07, 6.45) is 0. The molecule has 0 saturated heterocycles. The predicted octanol–water partition coefficient (Wildman–Crippen LogP) is 4.31. The second-order valence-electron chi connectivity index (χ2n) is 6.77. The van der Waals surface area contributed by atoms with E-state index in [9.17, 15) is 14.0 Å². The van der Waals surface area contributed by atoms with Crippen LogP contribution < -0.4 is 0 Å². The first-order valence-corrected chi connectivity index (χ1v) is 9.87. The molecule has 0 aliphatic rings. The molecule has 0 aliphatic heterocycles. The first-order chi connectivity index (χ1) is 13.9. The average molecular weight is 415 g/mol. The normalized spacial score (nSPS) is 10.9. The molecule has 0 unspecified atom stereocenters. The van der Waals surface area contributed by atoms with Crippen molar-refractivity contribution in [3.05, 3.63) is 69.8 Å². The molecule has 0 saturated carbocycles. The van der Waals surface area contributed by atoms with E-state index in [0.717, 1.165) is 22.5 Å². The fraction of sp³-hybridized carbons (Fsp3) is 0.273. The quantitative estimate of drug-likeness (QED) is 0.540. The number of thiophene rings is 1. The van der Waals surface area contributed by atoms with Gasteiger partial charge in [0, 0.05) is 36.4 Å². The number of benzene rings is 2. The lowest BCUT2D eigenvalue weighted by atomic mass is 10.1. The van der Waals surface area contributed by atoms with Crippen LogP contribution in [-0.4, -0.2) is 37.5 Å². The maximum Gasteiger partial charge on any atom is 0.349 e. The van der Waals surface area contributed by atoms with E-state index in [0.29, 0.717) is 22.2 Å². The highest BCUT2D eigenvalue weighted by molar-refractivity contribution is 7.21. The van der Waals surface area contributed by atoms with Crippen LogP contribution in [0, 0.1) is 12.7 Å². The molecule has 3 rings (SSSR count). The molecule has 5 nitrogen and oxygen atoms in total. The Morgan fingerprint density at radius 1 is 1.14 bits per heavy atom. The Kier molecular flexibility index (Phi) is 6.61. The number of methoxy groups -OCH3 is 1. The third kappa shape index (κ3) is 4.81. The van der Waals surface area contributed by atoms with Gasteiger partial charge in [0.2, 0.25) is 0 Å². The molecule has 0 spiro atoms. The van der Waals surface area contributed by atoms with Crippen molar-refractivity contribution in [1.82, 2.24) is 4.90 Å².